The van der Waals surface area contributed by atoms with Gasteiger partial charge in [-0.1, -0.05) is 29.8 Å². The number of Topliss-reactive ketones (excluding diaryl/α,β-unsaturated/α-hetero) is 1. The van der Waals surface area contributed by atoms with E-state index in [1.165, 1.54) is 12.1 Å². The largest absolute Gasteiger partial charge is 0.456 e. The molecule has 0 unspecified atom stereocenters. The van der Waals surface area contributed by atoms with Gasteiger partial charge in [-0.15, -0.1) is 0 Å². The molecule has 0 aliphatic heterocycles. The Bertz CT molecular complexity index is 1050. The summed E-state index contributed by atoms with van der Waals surface area (Å²) in [5, 5.41) is 0. The van der Waals surface area contributed by atoms with Crippen LogP contribution in [0.2, 0.25) is 0 Å². The Morgan fingerprint density at radius 2 is 1.82 bits per heavy atom. The van der Waals surface area contributed by atoms with Crippen molar-refractivity contribution in [2.24, 2.45) is 0 Å². The number of imidazole rings is 1. The Hall–Kier alpha value is -3.16. The summed E-state index contributed by atoms with van der Waals surface area (Å²) >= 11 is 0. The Morgan fingerprint density at radius 1 is 1.11 bits per heavy atom. The lowest BCUT2D eigenvalue weighted by Gasteiger charge is -2.11. The number of rotatable bonds is 5. The molecule has 8 heteroatoms. The van der Waals surface area contributed by atoms with E-state index in [0.29, 0.717) is 5.56 Å². The van der Waals surface area contributed by atoms with Crippen LogP contribution < -0.4 is 0 Å². The van der Waals surface area contributed by atoms with E-state index in [0.717, 1.165) is 15.7 Å². The number of hydrogen-bond donors (Lipinski definition) is 0. The summed E-state index contributed by atoms with van der Waals surface area (Å²) in [5.74, 6) is -2.56. The van der Waals surface area contributed by atoms with E-state index < -0.39 is 36.9 Å². The number of aromatic nitrogens is 2. The summed E-state index contributed by atoms with van der Waals surface area (Å²) in [6.45, 7) is 2.33. The van der Waals surface area contributed by atoms with E-state index in [4.69, 9.17) is 4.74 Å². The maximum absolute atomic E-state index is 13.3. The van der Waals surface area contributed by atoms with Crippen LogP contribution in [0, 0.1) is 13.8 Å². The van der Waals surface area contributed by atoms with E-state index in [2.05, 4.69) is 4.98 Å². The zero-order valence-corrected chi connectivity index (χ0v) is 15.2. The molecule has 28 heavy (non-hydrogen) atoms. The third kappa shape index (κ3) is 4.05. The van der Waals surface area contributed by atoms with Crippen LogP contribution in [-0.2, 0) is 22.3 Å². The van der Waals surface area contributed by atoms with Gasteiger partial charge in [-0.3, -0.25) is 9.59 Å². The number of fused-ring (bicyclic) bond motifs is 1. The molecule has 0 spiro atoms. The van der Waals surface area contributed by atoms with Gasteiger partial charge in [0.2, 0.25) is 11.6 Å². The van der Waals surface area contributed by atoms with Crippen molar-refractivity contribution in [1.29, 1.82) is 0 Å². The minimum atomic E-state index is -4.73. The van der Waals surface area contributed by atoms with Gasteiger partial charge in [0.05, 0.1) is 11.0 Å². The standard InChI is InChI=1S/C20H17F3N2O3/c1-12-7-8-13(2)14(9-12)17(26)11-28-18(27)10-25-16-6-4-3-5-15(16)24-19(25)20(21,22)23/h3-9H,10-11H2,1-2H3. The van der Waals surface area contributed by atoms with Gasteiger partial charge in [-0.25, -0.2) is 4.98 Å². The van der Waals surface area contributed by atoms with Crippen molar-refractivity contribution in [3.05, 3.63) is 65.0 Å². The number of ketones is 1. The number of esters is 1. The number of nitrogens with zero attached hydrogens (tertiary/aromatic N) is 2. The molecule has 146 valence electrons. The summed E-state index contributed by atoms with van der Waals surface area (Å²) in [6, 6.07) is 11.3. The van der Waals surface area contributed by atoms with Crippen molar-refractivity contribution in [1.82, 2.24) is 9.55 Å². The van der Waals surface area contributed by atoms with Crippen LogP contribution >= 0.6 is 0 Å². The third-order valence-electron chi connectivity index (χ3n) is 4.25. The molecule has 1 heterocycles. The predicted molar refractivity (Wildman–Crippen MR) is 95.9 cm³/mol. The number of carbonyl (C=O) groups is 2. The van der Waals surface area contributed by atoms with Gasteiger partial charge < -0.3 is 9.30 Å². The summed E-state index contributed by atoms with van der Waals surface area (Å²) in [4.78, 5) is 28.0. The Balaban J connectivity index is 1.77. The highest BCUT2D eigenvalue weighted by Gasteiger charge is 2.38. The molecular formula is C20H17F3N2O3. The molecule has 0 N–H and O–H groups in total. The van der Waals surface area contributed by atoms with E-state index in [-0.39, 0.29) is 11.0 Å². The van der Waals surface area contributed by atoms with Gasteiger partial charge in [0.15, 0.2) is 6.61 Å². The Morgan fingerprint density at radius 3 is 2.54 bits per heavy atom. The summed E-state index contributed by atoms with van der Waals surface area (Å²) in [7, 11) is 0. The monoisotopic (exact) mass is 390 g/mol. The molecule has 5 nitrogen and oxygen atoms in total. The van der Waals surface area contributed by atoms with Crippen molar-refractivity contribution in [3.63, 3.8) is 0 Å². The quantitative estimate of drug-likeness (QED) is 0.486. The fourth-order valence-corrected chi connectivity index (χ4v) is 2.89. The molecule has 0 bridgehead atoms. The average Bonchev–Trinajstić information content (AvgIpc) is 3.01. The summed E-state index contributed by atoms with van der Waals surface area (Å²) in [6.07, 6.45) is -4.73. The first-order chi connectivity index (χ1) is 13.2. The van der Waals surface area contributed by atoms with Crippen molar-refractivity contribution in [3.8, 4) is 0 Å². The molecule has 0 atom stereocenters. The minimum absolute atomic E-state index is 0.120. The topological polar surface area (TPSA) is 61.2 Å². The van der Waals surface area contributed by atoms with Crippen LogP contribution in [0.5, 0.6) is 0 Å². The number of hydrogen-bond acceptors (Lipinski definition) is 4. The van der Waals surface area contributed by atoms with Crippen molar-refractivity contribution < 1.29 is 27.5 Å². The van der Waals surface area contributed by atoms with Crippen LogP contribution in [0.4, 0.5) is 13.2 Å². The number of para-hydroxylation sites is 2. The first-order valence-electron chi connectivity index (χ1n) is 8.45. The fraction of sp³-hybridized carbons (Fsp3) is 0.250. The molecule has 0 fully saturated rings. The zero-order valence-electron chi connectivity index (χ0n) is 15.2. The fourth-order valence-electron chi connectivity index (χ4n) is 2.89. The van der Waals surface area contributed by atoms with Crippen LogP contribution in [0.25, 0.3) is 11.0 Å². The molecule has 0 saturated carbocycles. The molecule has 0 saturated heterocycles. The lowest BCUT2D eigenvalue weighted by Crippen LogP contribution is -2.22. The van der Waals surface area contributed by atoms with Crippen molar-refractivity contribution in [2.45, 2.75) is 26.6 Å². The number of aryl methyl sites for hydroxylation is 2. The molecule has 1 aromatic heterocycles. The van der Waals surface area contributed by atoms with Gasteiger partial charge in [0.25, 0.3) is 0 Å². The lowest BCUT2D eigenvalue weighted by molar-refractivity contribution is -0.150. The predicted octanol–water partition coefficient (Wildman–Crippen LogP) is 4.10. The minimum Gasteiger partial charge on any atom is -0.456 e. The van der Waals surface area contributed by atoms with Crippen LogP contribution in [0.1, 0.15) is 27.3 Å². The van der Waals surface area contributed by atoms with Gasteiger partial charge in [-0.05, 0) is 37.6 Å². The van der Waals surface area contributed by atoms with Crippen molar-refractivity contribution in [2.75, 3.05) is 6.61 Å². The van der Waals surface area contributed by atoms with Gasteiger partial charge in [0.1, 0.15) is 6.54 Å². The van der Waals surface area contributed by atoms with Gasteiger partial charge >= 0.3 is 12.1 Å². The Kier molecular flexibility index (Phi) is 5.22. The molecule has 0 aliphatic rings. The molecule has 3 rings (SSSR count). The van der Waals surface area contributed by atoms with Crippen LogP contribution in [0.3, 0.4) is 0 Å². The normalized spacial score (nSPS) is 11.6. The maximum atomic E-state index is 13.3. The Labute approximate surface area is 158 Å². The molecule has 0 radical (unpaired) electrons. The number of alkyl halides is 3. The lowest BCUT2D eigenvalue weighted by atomic mass is 10.0. The van der Waals surface area contributed by atoms with Crippen molar-refractivity contribution >= 4 is 22.8 Å². The molecule has 0 aliphatic carbocycles. The second kappa shape index (κ2) is 7.46. The number of benzene rings is 2. The summed E-state index contributed by atoms with van der Waals surface area (Å²) in [5.41, 5.74) is 2.30. The van der Waals surface area contributed by atoms with Crippen LogP contribution in [0.15, 0.2) is 42.5 Å². The molecule has 3 aromatic rings. The van der Waals surface area contributed by atoms with Crippen LogP contribution in [-0.4, -0.2) is 27.9 Å². The van der Waals surface area contributed by atoms with E-state index >= 15 is 0 Å². The number of ether oxygens (including phenoxy) is 1. The third-order valence-corrected chi connectivity index (χ3v) is 4.25. The highest BCUT2D eigenvalue weighted by atomic mass is 19.4. The molecule has 2 aromatic carbocycles. The molecular weight excluding hydrogens is 373 g/mol. The first-order valence-corrected chi connectivity index (χ1v) is 8.45. The SMILES string of the molecule is Cc1ccc(C)c(C(=O)COC(=O)Cn2c(C(F)(F)F)nc3ccccc32)c1. The number of carbonyl (C=O) groups excluding carboxylic acids is 2. The second-order valence-electron chi connectivity index (χ2n) is 6.41. The zero-order chi connectivity index (χ0) is 20.5. The smallest absolute Gasteiger partial charge is 0.449 e. The second-order valence-corrected chi connectivity index (χ2v) is 6.41. The highest BCUT2D eigenvalue weighted by Crippen LogP contribution is 2.31. The first kappa shape index (κ1) is 19.6. The van der Waals surface area contributed by atoms with E-state index in [9.17, 15) is 22.8 Å². The molecule has 0 amide bonds. The van der Waals surface area contributed by atoms with E-state index in [1.807, 2.05) is 13.0 Å². The summed E-state index contributed by atoms with van der Waals surface area (Å²) < 4.78 is 45.5. The highest BCUT2D eigenvalue weighted by molar-refractivity contribution is 5.99. The van der Waals surface area contributed by atoms with E-state index in [1.54, 1.807) is 31.2 Å². The number of halogens is 3. The maximum Gasteiger partial charge on any atom is 0.449 e. The van der Waals surface area contributed by atoms with Gasteiger partial charge in [0, 0.05) is 5.56 Å². The van der Waals surface area contributed by atoms with Gasteiger partial charge in [-0.2, -0.15) is 13.2 Å². The average molecular weight is 390 g/mol.